The Morgan fingerprint density at radius 1 is 0.500 bits per heavy atom. The lowest BCUT2D eigenvalue weighted by Crippen LogP contribution is -1.99. The standard InChI is InChI=1S/C41H27FN4/c42-40(28-12-10-11-27(25-28)34-16-6-8-23-43-34)29-19-20-33-37(26-29)46(38-18-7-9-24-44-38)36-22-21-32-31-15-4-5-17-35(31)45(41(32)39(33)36)30-13-2-1-3-14-30/h1-26,40H. The van der Waals surface area contributed by atoms with Gasteiger partial charge in [-0.05, 0) is 71.8 Å². The maximum atomic E-state index is 16.5. The number of hydrogen-bond acceptors (Lipinski definition) is 2. The second-order valence-corrected chi connectivity index (χ2v) is 11.5. The molecule has 4 heterocycles. The van der Waals surface area contributed by atoms with Crippen LogP contribution >= 0.6 is 0 Å². The fourth-order valence-electron chi connectivity index (χ4n) is 6.89. The minimum Gasteiger partial charge on any atom is -0.309 e. The average molecular weight is 595 g/mol. The van der Waals surface area contributed by atoms with Crippen molar-refractivity contribution >= 4 is 43.6 Å². The Morgan fingerprint density at radius 2 is 1.26 bits per heavy atom. The number of fused-ring (bicyclic) bond motifs is 7. The van der Waals surface area contributed by atoms with Gasteiger partial charge in [0.25, 0.3) is 0 Å². The molecule has 0 saturated heterocycles. The van der Waals surface area contributed by atoms with Crippen LogP contribution in [0.15, 0.2) is 158 Å². The highest BCUT2D eigenvalue weighted by Crippen LogP contribution is 2.43. The number of benzene rings is 5. The van der Waals surface area contributed by atoms with Gasteiger partial charge < -0.3 is 4.57 Å². The lowest BCUT2D eigenvalue weighted by atomic mass is 9.98. The van der Waals surface area contributed by atoms with Crippen molar-refractivity contribution in [1.29, 1.82) is 0 Å². The van der Waals surface area contributed by atoms with Gasteiger partial charge in [-0.25, -0.2) is 9.37 Å². The van der Waals surface area contributed by atoms with Crippen LogP contribution in [-0.4, -0.2) is 19.1 Å². The number of para-hydroxylation sites is 2. The van der Waals surface area contributed by atoms with Crippen LogP contribution in [0.5, 0.6) is 0 Å². The minimum atomic E-state index is -1.32. The van der Waals surface area contributed by atoms with E-state index in [0.717, 1.165) is 55.6 Å². The minimum absolute atomic E-state index is 0.588. The van der Waals surface area contributed by atoms with Crippen LogP contribution < -0.4 is 0 Å². The number of aromatic nitrogens is 4. The predicted octanol–water partition coefficient (Wildman–Crippen LogP) is 10.4. The molecule has 46 heavy (non-hydrogen) atoms. The van der Waals surface area contributed by atoms with Crippen LogP contribution in [0.3, 0.4) is 0 Å². The summed E-state index contributed by atoms with van der Waals surface area (Å²) in [5, 5.41) is 4.52. The molecule has 9 rings (SSSR count). The van der Waals surface area contributed by atoms with Gasteiger partial charge in [0.15, 0.2) is 6.17 Å². The molecule has 9 aromatic rings. The van der Waals surface area contributed by atoms with E-state index in [1.165, 1.54) is 10.8 Å². The molecule has 0 bridgehead atoms. The van der Waals surface area contributed by atoms with E-state index in [4.69, 9.17) is 4.98 Å². The molecular formula is C41H27FN4. The molecule has 5 aromatic carbocycles. The molecule has 0 aliphatic carbocycles. The second-order valence-electron chi connectivity index (χ2n) is 11.5. The largest absolute Gasteiger partial charge is 0.309 e. The second kappa shape index (κ2) is 10.5. The zero-order valence-electron chi connectivity index (χ0n) is 24.8. The summed E-state index contributed by atoms with van der Waals surface area (Å²) in [6.45, 7) is 0. The summed E-state index contributed by atoms with van der Waals surface area (Å²) in [5.74, 6) is 0.786. The first-order valence-electron chi connectivity index (χ1n) is 15.4. The maximum Gasteiger partial charge on any atom is 0.150 e. The average Bonchev–Trinajstić information content (AvgIpc) is 3.65. The number of halogens is 1. The van der Waals surface area contributed by atoms with E-state index in [9.17, 15) is 0 Å². The molecule has 0 aliphatic rings. The van der Waals surface area contributed by atoms with E-state index in [2.05, 4.69) is 80.8 Å². The van der Waals surface area contributed by atoms with Crippen molar-refractivity contribution in [2.45, 2.75) is 6.17 Å². The van der Waals surface area contributed by atoms with Gasteiger partial charge >= 0.3 is 0 Å². The molecule has 0 saturated carbocycles. The SMILES string of the molecule is FC(c1cccc(-c2ccccn2)c1)c1ccc2c3c(ccc4c5ccccc5n(-c5ccccc5)c43)n(-c3ccccn3)c2c1. The Balaban J connectivity index is 1.33. The summed E-state index contributed by atoms with van der Waals surface area (Å²) in [6, 6.07) is 48.7. The van der Waals surface area contributed by atoms with Gasteiger partial charge in [0.2, 0.25) is 0 Å². The van der Waals surface area contributed by atoms with Crippen LogP contribution in [0, 0.1) is 0 Å². The number of pyridine rings is 2. The van der Waals surface area contributed by atoms with E-state index in [1.54, 1.807) is 12.4 Å². The summed E-state index contributed by atoms with van der Waals surface area (Å²) in [4.78, 5) is 9.23. The van der Waals surface area contributed by atoms with Gasteiger partial charge in [-0.15, -0.1) is 0 Å². The Bertz CT molecular complexity index is 2530. The molecule has 4 aromatic heterocycles. The zero-order valence-corrected chi connectivity index (χ0v) is 24.8. The number of hydrogen-bond donors (Lipinski definition) is 0. The summed E-state index contributed by atoms with van der Waals surface area (Å²) in [5.41, 5.74) is 8.17. The van der Waals surface area contributed by atoms with E-state index in [-0.39, 0.29) is 0 Å². The molecule has 0 radical (unpaired) electrons. The first-order valence-corrected chi connectivity index (χ1v) is 15.4. The maximum absolute atomic E-state index is 16.5. The Morgan fingerprint density at radius 3 is 2.09 bits per heavy atom. The third kappa shape index (κ3) is 4.06. The van der Waals surface area contributed by atoms with Gasteiger partial charge in [-0.2, -0.15) is 0 Å². The normalized spacial score (nSPS) is 12.4. The lowest BCUT2D eigenvalue weighted by Gasteiger charge is -2.12. The molecule has 0 N–H and O–H groups in total. The third-order valence-electron chi connectivity index (χ3n) is 8.91. The number of nitrogens with zero attached hydrogens (tertiary/aromatic N) is 4. The van der Waals surface area contributed by atoms with Crippen molar-refractivity contribution < 1.29 is 4.39 Å². The molecular weight excluding hydrogens is 567 g/mol. The van der Waals surface area contributed by atoms with Crippen molar-refractivity contribution in [2.24, 2.45) is 0 Å². The number of rotatable bonds is 5. The highest BCUT2D eigenvalue weighted by molar-refractivity contribution is 6.26. The van der Waals surface area contributed by atoms with E-state index >= 15 is 4.39 Å². The van der Waals surface area contributed by atoms with Crippen molar-refractivity contribution in [2.75, 3.05) is 0 Å². The van der Waals surface area contributed by atoms with Crippen molar-refractivity contribution in [3.05, 3.63) is 169 Å². The molecule has 5 heteroatoms. The molecule has 0 fully saturated rings. The first-order chi connectivity index (χ1) is 22.8. The summed E-state index contributed by atoms with van der Waals surface area (Å²) in [6.07, 6.45) is 2.24. The van der Waals surface area contributed by atoms with Gasteiger partial charge in [0.05, 0.1) is 27.8 Å². The van der Waals surface area contributed by atoms with Crippen LogP contribution in [0.1, 0.15) is 17.3 Å². The Hall–Kier alpha value is -6.07. The summed E-state index contributed by atoms with van der Waals surface area (Å²) in [7, 11) is 0. The smallest absolute Gasteiger partial charge is 0.150 e. The quantitative estimate of drug-likeness (QED) is 0.199. The van der Waals surface area contributed by atoms with Gasteiger partial charge in [-0.1, -0.05) is 84.9 Å². The lowest BCUT2D eigenvalue weighted by molar-refractivity contribution is 0.402. The number of alkyl halides is 1. The van der Waals surface area contributed by atoms with Crippen molar-refractivity contribution in [3.63, 3.8) is 0 Å². The first kappa shape index (κ1) is 26.3. The molecule has 0 amide bonds. The van der Waals surface area contributed by atoms with Gasteiger partial charge in [-0.3, -0.25) is 9.55 Å². The fraction of sp³-hybridized carbons (Fsp3) is 0.0244. The van der Waals surface area contributed by atoms with Crippen LogP contribution in [-0.2, 0) is 0 Å². The highest BCUT2D eigenvalue weighted by Gasteiger charge is 2.23. The predicted molar refractivity (Wildman–Crippen MR) is 186 cm³/mol. The van der Waals surface area contributed by atoms with E-state index < -0.39 is 6.17 Å². The topological polar surface area (TPSA) is 35.6 Å². The molecule has 0 spiro atoms. The Kier molecular flexibility index (Phi) is 6.03. The van der Waals surface area contributed by atoms with Gasteiger partial charge in [0.1, 0.15) is 5.82 Å². The highest BCUT2D eigenvalue weighted by atomic mass is 19.1. The molecule has 218 valence electrons. The molecule has 0 aliphatic heterocycles. The van der Waals surface area contributed by atoms with Crippen LogP contribution in [0.2, 0.25) is 0 Å². The third-order valence-corrected chi connectivity index (χ3v) is 8.91. The monoisotopic (exact) mass is 594 g/mol. The molecule has 4 nitrogen and oxygen atoms in total. The Labute approximate surface area is 264 Å². The van der Waals surface area contributed by atoms with Gasteiger partial charge in [0, 0.05) is 45.2 Å². The zero-order chi connectivity index (χ0) is 30.6. The fourth-order valence-corrected chi connectivity index (χ4v) is 6.89. The van der Waals surface area contributed by atoms with E-state index in [0.29, 0.717) is 11.1 Å². The summed E-state index contributed by atoms with van der Waals surface area (Å²) >= 11 is 0. The van der Waals surface area contributed by atoms with E-state index in [1.807, 2.05) is 78.9 Å². The van der Waals surface area contributed by atoms with Crippen molar-refractivity contribution in [1.82, 2.24) is 19.1 Å². The van der Waals surface area contributed by atoms with Crippen LogP contribution in [0.4, 0.5) is 4.39 Å². The molecule has 1 unspecified atom stereocenters. The van der Waals surface area contributed by atoms with Crippen LogP contribution in [0.25, 0.3) is 66.4 Å². The molecule has 1 atom stereocenters. The van der Waals surface area contributed by atoms with Crippen molar-refractivity contribution in [3.8, 4) is 22.8 Å². The summed E-state index contributed by atoms with van der Waals surface area (Å²) < 4.78 is 21.0.